The molecule has 1 aromatic carbocycles. The molecule has 5 nitrogen and oxygen atoms in total. The molecule has 1 aliphatic heterocycles. The first-order valence-corrected chi connectivity index (χ1v) is 5.37. The molecule has 0 aliphatic carbocycles. The largest absolute Gasteiger partial charge is 0.478 e. The lowest BCUT2D eigenvalue weighted by molar-refractivity contribution is 0.0697. The molecule has 0 saturated carbocycles. The average Bonchev–Trinajstić information content (AvgIpc) is 2.59. The number of halogens is 1. The summed E-state index contributed by atoms with van der Waals surface area (Å²) in [6.07, 6.45) is -0.470. The Labute approximate surface area is 103 Å². The lowest BCUT2D eigenvalue weighted by Gasteiger charge is -2.19. The molecule has 0 spiro atoms. The molecule has 1 N–H and O–H groups in total. The van der Waals surface area contributed by atoms with E-state index in [9.17, 15) is 9.59 Å². The van der Waals surface area contributed by atoms with Gasteiger partial charge in [-0.25, -0.2) is 9.59 Å². The van der Waals surface area contributed by atoms with E-state index in [1.165, 1.54) is 23.1 Å². The number of anilines is 1. The van der Waals surface area contributed by atoms with Crippen molar-refractivity contribution in [2.45, 2.75) is 13.0 Å². The molecule has 0 bridgehead atoms. The summed E-state index contributed by atoms with van der Waals surface area (Å²) in [6, 6.07) is 4.12. The Kier molecular flexibility index (Phi) is 2.93. The van der Waals surface area contributed by atoms with Gasteiger partial charge in [-0.1, -0.05) is 11.6 Å². The molecule has 1 amide bonds. The Morgan fingerprint density at radius 2 is 2.29 bits per heavy atom. The number of carboxylic acid groups (broad SMARTS) is 1. The maximum atomic E-state index is 11.5. The molecule has 1 heterocycles. The standard InChI is InChI=1S/C11H10ClNO4/c1-6-5-17-11(16)13(6)9-3-2-7(10(14)15)4-8(9)12/h2-4,6H,5H2,1H3,(H,14,15). The number of aromatic carboxylic acids is 1. The van der Waals surface area contributed by atoms with Crippen LogP contribution in [0, 0.1) is 0 Å². The smallest absolute Gasteiger partial charge is 0.414 e. The summed E-state index contributed by atoms with van der Waals surface area (Å²) in [6.45, 7) is 2.13. The van der Waals surface area contributed by atoms with Gasteiger partial charge in [0, 0.05) is 0 Å². The van der Waals surface area contributed by atoms with Gasteiger partial charge in [-0.15, -0.1) is 0 Å². The number of carbonyl (C=O) groups is 2. The van der Waals surface area contributed by atoms with Crippen LogP contribution >= 0.6 is 11.6 Å². The minimum Gasteiger partial charge on any atom is -0.478 e. The van der Waals surface area contributed by atoms with Crippen molar-refractivity contribution in [3.05, 3.63) is 28.8 Å². The summed E-state index contributed by atoms with van der Waals surface area (Å²) < 4.78 is 4.88. The van der Waals surface area contributed by atoms with Crippen molar-refractivity contribution in [3.8, 4) is 0 Å². The Balaban J connectivity index is 2.40. The third-order valence-corrected chi connectivity index (χ3v) is 2.84. The number of amides is 1. The Bertz CT molecular complexity index is 488. The molecular weight excluding hydrogens is 246 g/mol. The van der Waals surface area contributed by atoms with Gasteiger partial charge in [0.1, 0.15) is 6.61 Å². The van der Waals surface area contributed by atoms with Crippen LogP contribution < -0.4 is 4.90 Å². The Hall–Kier alpha value is -1.75. The van der Waals surface area contributed by atoms with E-state index in [4.69, 9.17) is 21.4 Å². The topological polar surface area (TPSA) is 66.8 Å². The number of rotatable bonds is 2. The molecule has 1 aromatic rings. The first-order valence-electron chi connectivity index (χ1n) is 4.99. The van der Waals surface area contributed by atoms with E-state index in [2.05, 4.69) is 0 Å². The van der Waals surface area contributed by atoms with Gasteiger partial charge >= 0.3 is 12.1 Å². The van der Waals surface area contributed by atoms with Gasteiger partial charge < -0.3 is 9.84 Å². The molecule has 90 valence electrons. The summed E-state index contributed by atoms with van der Waals surface area (Å²) in [5.74, 6) is -1.06. The maximum Gasteiger partial charge on any atom is 0.414 e. The summed E-state index contributed by atoms with van der Waals surface area (Å²) >= 11 is 5.97. The van der Waals surface area contributed by atoms with E-state index in [1.807, 2.05) is 6.92 Å². The van der Waals surface area contributed by atoms with Crippen LogP contribution in [-0.4, -0.2) is 29.8 Å². The highest BCUT2D eigenvalue weighted by Gasteiger charge is 2.32. The molecule has 0 aromatic heterocycles. The highest BCUT2D eigenvalue weighted by Crippen LogP contribution is 2.31. The minimum absolute atomic E-state index is 0.0824. The summed E-state index contributed by atoms with van der Waals surface area (Å²) in [7, 11) is 0. The molecular formula is C11H10ClNO4. The normalized spacial score (nSPS) is 19.3. The third-order valence-electron chi connectivity index (χ3n) is 2.54. The van der Waals surface area contributed by atoms with Crippen LogP contribution in [0.4, 0.5) is 10.5 Å². The molecule has 17 heavy (non-hydrogen) atoms. The van der Waals surface area contributed by atoms with Crippen molar-refractivity contribution < 1.29 is 19.4 Å². The Morgan fingerprint density at radius 3 is 2.76 bits per heavy atom. The van der Waals surface area contributed by atoms with Crippen LogP contribution in [0.1, 0.15) is 17.3 Å². The van der Waals surface area contributed by atoms with Crippen molar-refractivity contribution in [1.82, 2.24) is 0 Å². The van der Waals surface area contributed by atoms with E-state index < -0.39 is 12.1 Å². The second kappa shape index (κ2) is 4.25. The van der Waals surface area contributed by atoms with E-state index in [0.29, 0.717) is 12.3 Å². The van der Waals surface area contributed by atoms with Crippen molar-refractivity contribution >= 4 is 29.4 Å². The average molecular weight is 256 g/mol. The van der Waals surface area contributed by atoms with Gasteiger partial charge in [-0.3, -0.25) is 4.90 Å². The van der Waals surface area contributed by atoms with Crippen LogP contribution in [0.15, 0.2) is 18.2 Å². The number of benzene rings is 1. The molecule has 0 radical (unpaired) electrons. The van der Waals surface area contributed by atoms with Gasteiger partial charge in [-0.2, -0.15) is 0 Å². The predicted molar refractivity (Wildman–Crippen MR) is 61.7 cm³/mol. The van der Waals surface area contributed by atoms with Crippen molar-refractivity contribution in [3.63, 3.8) is 0 Å². The third kappa shape index (κ3) is 2.06. The van der Waals surface area contributed by atoms with Crippen LogP contribution in [0.3, 0.4) is 0 Å². The number of hydrogen-bond acceptors (Lipinski definition) is 3. The maximum absolute atomic E-state index is 11.5. The SMILES string of the molecule is CC1COC(=O)N1c1ccc(C(=O)O)cc1Cl. The zero-order valence-corrected chi connectivity index (χ0v) is 9.77. The van der Waals surface area contributed by atoms with Crippen molar-refractivity contribution in [1.29, 1.82) is 0 Å². The summed E-state index contributed by atoms with van der Waals surface area (Å²) in [4.78, 5) is 23.6. The molecule has 6 heteroatoms. The fourth-order valence-electron chi connectivity index (χ4n) is 1.69. The molecule has 1 unspecified atom stereocenters. The lowest BCUT2D eigenvalue weighted by atomic mass is 10.2. The van der Waals surface area contributed by atoms with Gasteiger partial charge in [-0.05, 0) is 25.1 Å². The van der Waals surface area contributed by atoms with E-state index in [-0.39, 0.29) is 16.6 Å². The minimum atomic E-state index is -1.06. The number of cyclic esters (lactones) is 1. The molecule has 1 fully saturated rings. The fraction of sp³-hybridized carbons (Fsp3) is 0.273. The number of hydrogen-bond donors (Lipinski definition) is 1. The first-order chi connectivity index (χ1) is 8.00. The van der Waals surface area contributed by atoms with Gasteiger partial charge in [0.2, 0.25) is 0 Å². The summed E-state index contributed by atoms with van der Waals surface area (Å²) in [5, 5.41) is 9.02. The molecule has 2 rings (SSSR count). The van der Waals surface area contributed by atoms with Gasteiger partial charge in [0.15, 0.2) is 0 Å². The van der Waals surface area contributed by atoms with Crippen LogP contribution in [0.2, 0.25) is 5.02 Å². The van der Waals surface area contributed by atoms with E-state index >= 15 is 0 Å². The zero-order valence-electron chi connectivity index (χ0n) is 9.01. The molecule has 1 atom stereocenters. The highest BCUT2D eigenvalue weighted by atomic mass is 35.5. The first kappa shape index (κ1) is 11.7. The molecule has 1 aliphatic rings. The van der Waals surface area contributed by atoms with Crippen molar-refractivity contribution in [2.24, 2.45) is 0 Å². The molecule has 1 saturated heterocycles. The zero-order chi connectivity index (χ0) is 12.6. The number of ether oxygens (including phenoxy) is 1. The van der Waals surface area contributed by atoms with Crippen molar-refractivity contribution in [2.75, 3.05) is 11.5 Å². The van der Waals surface area contributed by atoms with E-state index in [1.54, 1.807) is 0 Å². The van der Waals surface area contributed by atoms with Crippen LogP contribution in [0.25, 0.3) is 0 Å². The quantitative estimate of drug-likeness (QED) is 0.881. The highest BCUT2D eigenvalue weighted by molar-refractivity contribution is 6.34. The number of carbonyl (C=O) groups excluding carboxylic acids is 1. The van der Waals surface area contributed by atoms with Crippen LogP contribution in [0.5, 0.6) is 0 Å². The summed E-state index contributed by atoms with van der Waals surface area (Å²) in [5.41, 5.74) is 0.547. The second-order valence-electron chi connectivity index (χ2n) is 3.77. The van der Waals surface area contributed by atoms with Gasteiger partial charge in [0.05, 0.1) is 22.3 Å². The number of nitrogens with zero attached hydrogens (tertiary/aromatic N) is 1. The predicted octanol–water partition coefficient (Wildman–Crippen LogP) is 2.38. The number of carboxylic acids is 1. The monoisotopic (exact) mass is 255 g/mol. The Morgan fingerprint density at radius 1 is 1.59 bits per heavy atom. The van der Waals surface area contributed by atoms with Gasteiger partial charge in [0.25, 0.3) is 0 Å². The lowest BCUT2D eigenvalue weighted by Crippen LogP contribution is -2.31. The fourth-order valence-corrected chi connectivity index (χ4v) is 1.96. The second-order valence-corrected chi connectivity index (χ2v) is 4.17. The van der Waals surface area contributed by atoms with Crippen LogP contribution in [-0.2, 0) is 4.74 Å². The van der Waals surface area contributed by atoms with E-state index in [0.717, 1.165) is 0 Å².